The molecule has 0 N–H and O–H groups in total. The molecule has 1 saturated heterocycles. The zero-order valence-electron chi connectivity index (χ0n) is 7.92. The fourth-order valence-electron chi connectivity index (χ4n) is 1.63. The topological polar surface area (TPSA) is 23.6 Å². The fraction of sp³-hybridized carbons (Fsp3) is 0.778. The van der Waals surface area contributed by atoms with Gasteiger partial charge in [-0.15, -0.1) is 0 Å². The molecule has 0 bridgehead atoms. The highest BCUT2D eigenvalue weighted by atomic mass is 16.1. The van der Waals surface area contributed by atoms with E-state index < -0.39 is 0 Å². The number of likely N-dealkylation sites (tertiary alicyclic amines) is 1. The number of hydrogen-bond donors (Lipinski definition) is 0. The number of hydrogen-bond acceptors (Lipinski definition) is 3. The largest absolute Gasteiger partial charge is 0.305 e. The van der Waals surface area contributed by atoms with Crippen LogP contribution in [0.25, 0.3) is 0 Å². The third-order valence-electron chi connectivity index (χ3n) is 2.38. The normalized spacial score (nSPS) is 25.2. The second kappa shape index (κ2) is 4.01. The molecule has 1 atom stereocenters. The Hall–Kier alpha value is -0.410. The number of carbonyl (C=O) groups is 1. The van der Waals surface area contributed by atoms with Gasteiger partial charge in [-0.1, -0.05) is 0 Å². The van der Waals surface area contributed by atoms with E-state index in [4.69, 9.17) is 0 Å². The van der Waals surface area contributed by atoms with Crippen LogP contribution in [0.1, 0.15) is 6.42 Å². The highest BCUT2D eigenvalue weighted by Gasteiger charge is 2.23. The molecule has 3 heteroatoms. The van der Waals surface area contributed by atoms with E-state index in [1.165, 1.54) is 6.42 Å². The molecule has 0 saturated carbocycles. The van der Waals surface area contributed by atoms with Crippen molar-refractivity contribution in [2.45, 2.75) is 12.5 Å². The standard InChI is InChI=1S/C9H17N2O/c1-8(12)6-11-5-4-9(7-11)10(2)3/h9H,1,4-7H2,2-3H3. The van der Waals surface area contributed by atoms with Crippen LogP contribution in [0.3, 0.4) is 0 Å². The van der Waals surface area contributed by atoms with Gasteiger partial charge in [0.05, 0.1) is 6.54 Å². The number of ketones is 1. The molecule has 1 aliphatic rings. The molecule has 1 unspecified atom stereocenters. The van der Waals surface area contributed by atoms with Gasteiger partial charge in [0.15, 0.2) is 0 Å². The number of nitrogens with zero attached hydrogens (tertiary/aromatic N) is 2. The molecule has 0 aromatic rings. The number of Topliss-reactive ketones (excluding diaryl/α,β-unsaturated/α-hetero) is 1. The van der Waals surface area contributed by atoms with Crippen molar-refractivity contribution in [3.63, 3.8) is 0 Å². The minimum absolute atomic E-state index is 0.0226. The Balaban J connectivity index is 2.30. The minimum Gasteiger partial charge on any atom is -0.305 e. The van der Waals surface area contributed by atoms with Crippen molar-refractivity contribution in [3.8, 4) is 0 Å². The van der Waals surface area contributed by atoms with E-state index >= 15 is 0 Å². The maximum Gasteiger partial charge on any atom is 0.147 e. The van der Waals surface area contributed by atoms with E-state index in [0.717, 1.165) is 13.1 Å². The van der Waals surface area contributed by atoms with Gasteiger partial charge < -0.3 is 4.90 Å². The van der Waals surface area contributed by atoms with Gasteiger partial charge in [-0.2, -0.15) is 0 Å². The summed E-state index contributed by atoms with van der Waals surface area (Å²) in [6.45, 7) is 5.94. The Morgan fingerprint density at radius 1 is 1.67 bits per heavy atom. The molecule has 1 radical (unpaired) electrons. The van der Waals surface area contributed by atoms with Crippen LogP contribution in [0.15, 0.2) is 0 Å². The molecule has 0 spiro atoms. The Kier molecular flexibility index (Phi) is 3.23. The minimum atomic E-state index is 0.0226. The maximum atomic E-state index is 10.7. The van der Waals surface area contributed by atoms with Crippen LogP contribution in [0.2, 0.25) is 0 Å². The van der Waals surface area contributed by atoms with Gasteiger partial charge in [-0.3, -0.25) is 9.69 Å². The Bertz CT molecular complexity index is 168. The van der Waals surface area contributed by atoms with E-state index in [-0.39, 0.29) is 5.78 Å². The van der Waals surface area contributed by atoms with E-state index in [2.05, 4.69) is 30.8 Å². The van der Waals surface area contributed by atoms with Crippen molar-refractivity contribution in [1.82, 2.24) is 9.80 Å². The van der Waals surface area contributed by atoms with Crippen molar-refractivity contribution >= 4 is 5.78 Å². The van der Waals surface area contributed by atoms with E-state index in [9.17, 15) is 4.79 Å². The summed E-state index contributed by atoms with van der Waals surface area (Å²) in [4.78, 5) is 15.1. The first-order chi connectivity index (χ1) is 5.59. The lowest BCUT2D eigenvalue weighted by Crippen LogP contribution is -2.33. The molecule has 0 aliphatic carbocycles. The van der Waals surface area contributed by atoms with Gasteiger partial charge in [-0.25, -0.2) is 0 Å². The van der Waals surface area contributed by atoms with Crippen LogP contribution in [0.5, 0.6) is 0 Å². The molecule has 69 valence electrons. The molecule has 1 aliphatic heterocycles. The van der Waals surface area contributed by atoms with Gasteiger partial charge >= 0.3 is 0 Å². The van der Waals surface area contributed by atoms with E-state index in [1.54, 1.807) is 0 Å². The van der Waals surface area contributed by atoms with Crippen LogP contribution in [-0.4, -0.2) is 55.4 Å². The van der Waals surface area contributed by atoms with Gasteiger partial charge in [0.2, 0.25) is 0 Å². The summed E-state index contributed by atoms with van der Waals surface area (Å²) < 4.78 is 0. The number of likely N-dealkylation sites (N-methyl/N-ethyl adjacent to an activating group) is 1. The number of carbonyl (C=O) groups excluding carboxylic acids is 1. The summed E-state index contributed by atoms with van der Waals surface area (Å²) in [6.07, 6.45) is 1.17. The lowest BCUT2D eigenvalue weighted by molar-refractivity contribution is -0.115. The fourth-order valence-corrected chi connectivity index (χ4v) is 1.63. The van der Waals surface area contributed by atoms with Gasteiger partial charge in [-0.05, 0) is 20.5 Å². The predicted molar refractivity (Wildman–Crippen MR) is 48.9 cm³/mol. The van der Waals surface area contributed by atoms with E-state index in [1.807, 2.05) is 0 Å². The summed E-state index contributed by atoms with van der Waals surface area (Å²) >= 11 is 0. The molecule has 1 heterocycles. The highest BCUT2D eigenvalue weighted by Crippen LogP contribution is 2.12. The quantitative estimate of drug-likeness (QED) is 0.595. The van der Waals surface area contributed by atoms with Gasteiger partial charge in [0.1, 0.15) is 5.78 Å². The smallest absolute Gasteiger partial charge is 0.147 e. The molecule has 3 nitrogen and oxygen atoms in total. The summed E-state index contributed by atoms with van der Waals surface area (Å²) in [5, 5.41) is 0. The zero-order chi connectivity index (χ0) is 9.14. The molecule has 0 aromatic heterocycles. The first-order valence-corrected chi connectivity index (χ1v) is 4.33. The lowest BCUT2D eigenvalue weighted by Gasteiger charge is -2.19. The second-order valence-corrected chi connectivity index (χ2v) is 3.68. The summed E-state index contributed by atoms with van der Waals surface area (Å²) in [7, 11) is 4.17. The zero-order valence-corrected chi connectivity index (χ0v) is 7.92. The van der Waals surface area contributed by atoms with Gasteiger partial charge in [0.25, 0.3) is 0 Å². The highest BCUT2D eigenvalue weighted by molar-refractivity contribution is 5.84. The monoisotopic (exact) mass is 169 g/mol. The average molecular weight is 169 g/mol. The predicted octanol–water partition coefficient (Wildman–Crippen LogP) is 0.0255. The van der Waals surface area contributed by atoms with Crippen LogP contribution in [0.4, 0.5) is 0 Å². The third kappa shape index (κ3) is 2.57. The molecule has 1 rings (SSSR count). The van der Waals surface area contributed by atoms with Crippen molar-refractivity contribution in [2.24, 2.45) is 0 Å². The van der Waals surface area contributed by atoms with Crippen LogP contribution in [0, 0.1) is 6.92 Å². The van der Waals surface area contributed by atoms with Crippen molar-refractivity contribution in [1.29, 1.82) is 0 Å². The van der Waals surface area contributed by atoms with Crippen LogP contribution < -0.4 is 0 Å². The summed E-state index contributed by atoms with van der Waals surface area (Å²) in [5.41, 5.74) is 0. The maximum absolute atomic E-state index is 10.7. The van der Waals surface area contributed by atoms with Crippen molar-refractivity contribution in [3.05, 3.63) is 6.92 Å². The average Bonchev–Trinajstić information content (AvgIpc) is 2.34. The molecule has 0 amide bonds. The SMILES string of the molecule is [CH2]C(=O)CN1CCC(N(C)C)C1. The second-order valence-electron chi connectivity index (χ2n) is 3.68. The van der Waals surface area contributed by atoms with Crippen molar-refractivity contribution < 1.29 is 4.79 Å². The van der Waals surface area contributed by atoms with Crippen LogP contribution >= 0.6 is 0 Å². The summed E-state index contributed by atoms with van der Waals surface area (Å²) in [5.74, 6) is 0.0226. The van der Waals surface area contributed by atoms with Crippen LogP contribution in [-0.2, 0) is 4.79 Å². The third-order valence-corrected chi connectivity index (χ3v) is 2.38. The molecule has 0 aromatic carbocycles. The molecule has 1 fully saturated rings. The first kappa shape index (κ1) is 9.68. The molecule has 12 heavy (non-hydrogen) atoms. The number of rotatable bonds is 3. The van der Waals surface area contributed by atoms with Crippen molar-refractivity contribution in [2.75, 3.05) is 33.7 Å². The Morgan fingerprint density at radius 3 is 2.75 bits per heavy atom. The Morgan fingerprint density at radius 2 is 2.33 bits per heavy atom. The lowest BCUT2D eigenvalue weighted by atomic mass is 10.2. The molecular formula is C9H17N2O. The van der Waals surface area contributed by atoms with Gasteiger partial charge in [0, 0.05) is 26.1 Å². The Labute approximate surface area is 74.3 Å². The van der Waals surface area contributed by atoms with E-state index in [0.29, 0.717) is 12.6 Å². The molecular weight excluding hydrogens is 152 g/mol. The summed E-state index contributed by atoms with van der Waals surface area (Å²) in [6, 6.07) is 0.615. The first-order valence-electron chi connectivity index (χ1n) is 4.33.